The predicted molar refractivity (Wildman–Crippen MR) is 63.9 cm³/mol. The predicted octanol–water partition coefficient (Wildman–Crippen LogP) is 2.51. The van der Waals surface area contributed by atoms with Gasteiger partial charge in [-0.1, -0.05) is 6.42 Å². The summed E-state index contributed by atoms with van der Waals surface area (Å²) in [6.07, 6.45) is 8.80. The quantitative estimate of drug-likeness (QED) is 0.739. The molecule has 90 valence electrons. The van der Waals surface area contributed by atoms with E-state index in [-0.39, 0.29) is 0 Å². The highest BCUT2D eigenvalue weighted by Crippen LogP contribution is 2.61. The molecule has 2 N–H and O–H groups in total. The first-order valence-corrected chi connectivity index (χ1v) is 6.89. The van der Waals surface area contributed by atoms with Crippen LogP contribution >= 0.6 is 0 Å². The molecule has 5 atom stereocenters. The van der Waals surface area contributed by atoms with E-state index in [9.17, 15) is 4.79 Å². The maximum Gasteiger partial charge on any atom is 0.132 e. The van der Waals surface area contributed by atoms with Crippen LogP contribution in [0.15, 0.2) is 0 Å². The molecule has 0 amide bonds. The molecule has 2 nitrogen and oxygen atoms in total. The van der Waals surface area contributed by atoms with Crippen molar-refractivity contribution in [1.29, 1.82) is 0 Å². The zero-order valence-corrected chi connectivity index (χ0v) is 10.2. The SMILES string of the molecule is CC(=O)[C@@H]1CCC[C@@]2(C1)[C@@H]1CC[C@@H](C1)[C@H]2N. The summed E-state index contributed by atoms with van der Waals surface area (Å²) in [5.41, 5.74) is 6.84. The third-order valence-electron chi connectivity index (χ3n) is 5.85. The van der Waals surface area contributed by atoms with Crippen LogP contribution in [0.3, 0.4) is 0 Å². The van der Waals surface area contributed by atoms with Gasteiger partial charge in [0.05, 0.1) is 0 Å². The number of Topliss-reactive ketones (excluding diaryl/α,β-unsaturated/α-hetero) is 1. The summed E-state index contributed by atoms with van der Waals surface area (Å²) in [5.74, 6) is 2.33. The van der Waals surface area contributed by atoms with Gasteiger partial charge in [-0.25, -0.2) is 0 Å². The van der Waals surface area contributed by atoms with Gasteiger partial charge in [0.25, 0.3) is 0 Å². The molecule has 0 aromatic heterocycles. The Labute approximate surface area is 98.0 Å². The highest BCUT2D eigenvalue weighted by molar-refractivity contribution is 5.78. The molecule has 0 aromatic rings. The first-order chi connectivity index (χ1) is 7.63. The molecule has 2 heteroatoms. The van der Waals surface area contributed by atoms with Gasteiger partial charge in [-0.3, -0.25) is 4.79 Å². The second-order valence-electron chi connectivity index (χ2n) is 6.43. The Bertz CT molecular complexity index is 310. The van der Waals surface area contributed by atoms with E-state index in [0.717, 1.165) is 24.7 Å². The number of hydrogen-bond donors (Lipinski definition) is 1. The van der Waals surface area contributed by atoms with E-state index in [1.807, 2.05) is 0 Å². The molecular formula is C14H23NO. The van der Waals surface area contributed by atoms with Crippen molar-refractivity contribution >= 4 is 5.78 Å². The standard InChI is InChI=1S/C14H23NO/c1-9(16)11-3-2-6-14(8-11)12-5-4-10(7-12)13(14)15/h10-13H,2-8,15H2,1H3/t10-,11+,12+,13+,14+/m0/s1. The lowest BCUT2D eigenvalue weighted by atomic mass is 9.59. The van der Waals surface area contributed by atoms with Crippen molar-refractivity contribution in [1.82, 2.24) is 0 Å². The van der Waals surface area contributed by atoms with Crippen molar-refractivity contribution in [2.75, 3.05) is 0 Å². The number of nitrogens with two attached hydrogens (primary N) is 1. The fourth-order valence-corrected chi connectivity index (χ4v) is 4.97. The van der Waals surface area contributed by atoms with Gasteiger partial charge in [0.2, 0.25) is 0 Å². The third-order valence-corrected chi connectivity index (χ3v) is 5.85. The first-order valence-electron chi connectivity index (χ1n) is 6.89. The molecule has 3 rings (SSSR count). The molecule has 0 heterocycles. The normalized spacial score (nSPS) is 51.1. The average molecular weight is 221 g/mol. The summed E-state index contributed by atoms with van der Waals surface area (Å²) in [5, 5.41) is 0. The largest absolute Gasteiger partial charge is 0.327 e. The zero-order chi connectivity index (χ0) is 11.3. The van der Waals surface area contributed by atoms with Crippen LogP contribution in [0.1, 0.15) is 51.9 Å². The number of hydrogen-bond acceptors (Lipinski definition) is 2. The summed E-state index contributed by atoms with van der Waals surface area (Å²) in [7, 11) is 0. The first kappa shape index (κ1) is 10.8. The molecule has 3 aliphatic carbocycles. The lowest BCUT2D eigenvalue weighted by molar-refractivity contribution is -0.124. The van der Waals surface area contributed by atoms with E-state index in [1.165, 1.54) is 32.1 Å². The van der Waals surface area contributed by atoms with Crippen LogP contribution in [0.4, 0.5) is 0 Å². The van der Waals surface area contributed by atoms with Crippen molar-refractivity contribution in [3.8, 4) is 0 Å². The number of carbonyl (C=O) groups is 1. The Hall–Kier alpha value is -0.370. The van der Waals surface area contributed by atoms with Crippen molar-refractivity contribution in [2.24, 2.45) is 28.9 Å². The van der Waals surface area contributed by atoms with E-state index < -0.39 is 0 Å². The van der Waals surface area contributed by atoms with Crippen LogP contribution in [0, 0.1) is 23.2 Å². The van der Waals surface area contributed by atoms with Crippen LogP contribution in [-0.4, -0.2) is 11.8 Å². The molecule has 0 aliphatic heterocycles. The van der Waals surface area contributed by atoms with Crippen LogP contribution in [0.2, 0.25) is 0 Å². The molecular weight excluding hydrogens is 198 g/mol. The maximum atomic E-state index is 11.6. The Morgan fingerprint density at radius 3 is 2.75 bits per heavy atom. The van der Waals surface area contributed by atoms with Crippen LogP contribution in [0.5, 0.6) is 0 Å². The lowest BCUT2D eigenvalue weighted by Gasteiger charge is -2.47. The maximum absolute atomic E-state index is 11.6. The molecule has 0 unspecified atom stereocenters. The molecule has 16 heavy (non-hydrogen) atoms. The molecule has 3 fully saturated rings. The van der Waals surface area contributed by atoms with Gasteiger partial charge in [-0.2, -0.15) is 0 Å². The average Bonchev–Trinajstić information content (AvgIpc) is 2.84. The molecule has 0 saturated heterocycles. The van der Waals surface area contributed by atoms with Crippen LogP contribution < -0.4 is 5.73 Å². The lowest BCUT2D eigenvalue weighted by Crippen LogP contribution is -2.49. The van der Waals surface area contributed by atoms with E-state index >= 15 is 0 Å². The Balaban J connectivity index is 1.85. The second-order valence-corrected chi connectivity index (χ2v) is 6.43. The zero-order valence-electron chi connectivity index (χ0n) is 10.2. The van der Waals surface area contributed by atoms with Gasteiger partial charge >= 0.3 is 0 Å². The smallest absolute Gasteiger partial charge is 0.132 e. The fraction of sp³-hybridized carbons (Fsp3) is 0.929. The second kappa shape index (κ2) is 3.56. The minimum atomic E-state index is 0.319. The number of fused-ring (bicyclic) bond motifs is 3. The summed E-state index contributed by atoms with van der Waals surface area (Å²) >= 11 is 0. The number of rotatable bonds is 1. The Morgan fingerprint density at radius 2 is 2.12 bits per heavy atom. The van der Waals surface area contributed by atoms with Crippen LogP contribution in [-0.2, 0) is 4.79 Å². The molecule has 1 spiro atoms. The summed E-state index contributed by atoms with van der Waals surface area (Å²) in [6, 6.07) is 0.397. The molecule has 2 bridgehead atoms. The molecule has 0 aromatic carbocycles. The number of carbonyl (C=O) groups excluding carboxylic acids is 1. The minimum Gasteiger partial charge on any atom is -0.327 e. The highest BCUT2D eigenvalue weighted by Gasteiger charge is 2.57. The number of ketones is 1. The van der Waals surface area contributed by atoms with Gasteiger partial charge in [0.15, 0.2) is 0 Å². The van der Waals surface area contributed by atoms with Crippen molar-refractivity contribution in [3.63, 3.8) is 0 Å². The monoisotopic (exact) mass is 221 g/mol. The summed E-state index contributed by atoms with van der Waals surface area (Å²) < 4.78 is 0. The Kier molecular flexibility index (Phi) is 2.39. The summed E-state index contributed by atoms with van der Waals surface area (Å²) in [6.45, 7) is 1.77. The van der Waals surface area contributed by atoms with Crippen molar-refractivity contribution in [2.45, 2.75) is 57.9 Å². The topological polar surface area (TPSA) is 43.1 Å². The molecule has 0 radical (unpaired) electrons. The van der Waals surface area contributed by atoms with Gasteiger partial charge in [-0.15, -0.1) is 0 Å². The van der Waals surface area contributed by atoms with Crippen molar-refractivity contribution in [3.05, 3.63) is 0 Å². The van der Waals surface area contributed by atoms with Gasteiger partial charge < -0.3 is 5.73 Å². The highest BCUT2D eigenvalue weighted by atomic mass is 16.1. The van der Waals surface area contributed by atoms with Gasteiger partial charge in [0, 0.05) is 12.0 Å². The van der Waals surface area contributed by atoms with E-state index in [0.29, 0.717) is 23.2 Å². The van der Waals surface area contributed by atoms with E-state index in [2.05, 4.69) is 0 Å². The summed E-state index contributed by atoms with van der Waals surface area (Å²) in [4.78, 5) is 11.6. The van der Waals surface area contributed by atoms with Gasteiger partial charge in [0.1, 0.15) is 5.78 Å². The fourth-order valence-electron chi connectivity index (χ4n) is 4.97. The Morgan fingerprint density at radius 1 is 1.31 bits per heavy atom. The molecule has 3 saturated carbocycles. The van der Waals surface area contributed by atoms with Gasteiger partial charge in [-0.05, 0) is 62.7 Å². The van der Waals surface area contributed by atoms with E-state index in [4.69, 9.17) is 5.73 Å². The van der Waals surface area contributed by atoms with Crippen LogP contribution in [0.25, 0.3) is 0 Å². The molecule has 3 aliphatic rings. The third kappa shape index (κ3) is 1.32. The minimum absolute atomic E-state index is 0.319. The van der Waals surface area contributed by atoms with E-state index in [1.54, 1.807) is 6.92 Å². The van der Waals surface area contributed by atoms with Crippen molar-refractivity contribution < 1.29 is 4.79 Å².